The molecule has 0 bridgehead atoms. The quantitative estimate of drug-likeness (QED) is 0.697. The second-order valence-electron chi connectivity index (χ2n) is 10.2. The normalized spacial score (nSPS) is 53.8. The lowest BCUT2D eigenvalue weighted by Crippen LogP contribution is -2.54. The summed E-state index contributed by atoms with van der Waals surface area (Å²) in [6.45, 7) is 6.99. The van der Waals surface area contributed by atoms with Crippen LogP contribution in [-0.2, 0) is 0 Å². The Morgan fingerprint density at radius 3 is 2.73 bits per heavy atom. The van der Waals surface area contributed by atoms with Crippen LogP contribution in [0.15, 0.2) is 23.8 Å². The Bertz CT molecular complexity index is 638. The molecule has 3 heteroatoms. The molecule has 26 heavy (non-hydrogen) atoms. The summed E-state index contributed by atoms with van der Waals surface area (Å²) in [5, 5.41) is 10.1. The minimum Gasteiger partial charge on any atom is -0.389 e. The summed E-state index contributed by atoms with van der Waals surface area (Å²) >= 11 is 0. The number of alkyl halides is 1. The number of aliphatic hydroxyl groups is 1. The molecule has 0 unspecified atom stereocenters. The average molecular weight is 360 g/mol. The Labute approximate surface area is 157 Å². The van der Waals surface area contributed by atoms with Gasteiger partial charge in [0.05, 0.1) is 6.10 Å². The summed E-state index contributed by atoms with van der Waals surface area (Å²) in [6.07, 6.45) is 13.3. The number of likely N-dealkylation sites (tertiary alicyclic amines) is 1. The van der Waals surface area contributed by atoms with Gasteiger partial charge in [0.15, 0.2) is 0 Å². The molecule has 144 valence electrons. The number of allylic oxidation sites excluding steroid dienone is 2. The summed E-state index contributed by atoms with van der Waals surface area (Å²) < 4.78 is 15.3. The fourth-order valence-electron chi connectivity index (χ4n) is 7.84. The number of hydrogen-bond acceptors (Lipinski definition) is 2. The third-order valence-electron chi connectivity index (χ3n) is 9.10. The van der Waals surface area contributed by atoms with Gasteiger partial charge in [-0.15, -0.1) is 0 Å². The predicted octanol–water partition coefficient (Wildman–Crippen LogP) is 4.50. The summed E-state index contributed by atoms with van der Waals surface area (Å²) in [7, 11) is 0. The first-order valence-electron chi connectivity index (χ1n) is 10.9. The number of hydrogen-bond donors (Lipinski definition) is 1. The van der Waals surface area contributed by atoms with E-state index in [0.29, 0.717) is 17.8 Å². The molecule has 5 aliphatic rings. The molecule has 8 atom stereocenters. The van der Waals surface area contributed by atoms with E-state index in [2.05, 4.69) is 30.9 Å². The Hall–Kier alpha value is -0.670. The van der Waals surface area contributed by atoms with Crippen molar-refractivity contribution in [2.45, 2.75) is 77.1 Å². The minimum absolute atomic E-state index is 0.0843. The summed E-state index contributed by atoms with van der Waals surface area (Å²) in [4.78, 5) is 2.49. The van der Waals surface area contributed by atoms with Crippen LogP contribution in [0.4, 0.5) is 4.39 Å². The second kappa shape index (κ2) is 5.91. The molecule has 1 N–H and O–H groups in total. The Morgan fingerprint density at radius 2 is 1.96 bits per heavy atom. The molecule has 0 amide bonds. The lowest BCUT2D eigenvalue weighted by Gasteiger charge is -2.57. The molecule has 1 heterocycles. The number of aliphatic hydroxyl groups excluding tert-OH is 1. The average Bonchev–Trinajstić information content (AvgIpc) is 3.20. The number of fused-ring (bicyclic) bond motifs is 5. The van der Waals surface area contributed by atoms with Crippen molar-refractivity contribution in [3.8, 4) is 0 Å². The maximum Gasteiger partial charge on any atom is 0.116 e. The van der Waals surface area contributed by atoms with E-state index in [-0.39, 0.29) is 23.0 Å². The zero-order chi connectivity index (χ0) is 18.1. The minimum atomic E-state index is -0.649. The fourth-order valence-corrected chi connectivity index (χ4v) is 7.84. The van der Waals surface area contributed by atoms with Gasteiger partial charge in [0, 0.05) is 11.5 Å². The molecule has 2 saturated carbocycles. The van der Waals surface area contributed by atoms with Crippen molar-refractivity contribution in [3.05, 3.63) is 23.8 Å². The highest BCUT2D eigenvalue weighted by atomic mass is 19.1. The van der Waals surface area contributed by atoms with Crippen molar-refractivity contribution >= 4 is 0 Å². The van der Waals surface area contributed by atoms with E-state index >= 15 is 4.39 Å². The standard InChI is InChI=1S/C23H34FNO/c1-22-9-7-16(26)13-15(22)5-6-17-18(22)8-10-23(2)19(17)14-20(24)21(23)25-11-3-4-12-25/h5,7,9,16-21,26H,3-4,6,8,10-14H2,1-2H3/t16-,17+,18-,19-,20+,21-,22-,23-/m0/s1. The van der Waals surface area contributed by atoms with Gasteiger partial charge in [-0.25, -0.2) is 4.39 Å². The molecular formula is C23H34FNO. The molecule has 0 radical (unpaired) electrons. The highest BCUT2D eigenvalue weighted by molar-refractivity contribution is 5.33. The van der Waals surface area contributed by atoms with Crippen LogP contribution >= 0.6 is 0 Å². The van der Waals surface area contributed by atoms with Gasteiger partial charge < -0.3 is 5.11 Å². The number of halogens is 1. The SMILES string of the molecule is C[C@]12CC[C@H]3[C@@H](CC=C4C[C@@H](O)C=C[C@@]43C)[C@@H]1C[C@@H](F)[C@@H]2N1CCCC1. The van der Waals surface area contributed by atoms with Crippen molar-refractivity contribution in [1.82, 2.24) is 4.90 Å². The molecular weight excluding hydrogens is 325 g/mol. The van der Waals surface area contributed by atoms with Crippen LogP contribution in [0.25, 0.3) is 0 Å². The van der Waals surface area contributed by atoms with Crippen LogP contribution in [-0.4, -0.2) is 41.4 Å². The second-order valence-corrected chi connectivity index (χ2v) is 10.2. The van der Waals surface area contributed by atoms with E-state index in [9.17, 15) is 5.11 Å². The molecule has 4 aliphatic carbocycles. The monoisotopic (exact) mass is 359 g/mol. The molecule has 3 fully saturated rings. The first kappa shape index (κ1) is 17.4. The Morgan fingerprint density at radius 1 is 1.19 bits per heavy atom. The summed E-state index contributed by atoms with van der Waals surface area (Å²) in [6, 6.07) is 0.151. The van der Waals surface area contributed by atoms with E-state index in [4.69, 9.17) is 0 Å². The zero-order valence-corrected chi connectivity index (χ0v) is 16.3. The predicted molar refractivity (Wildman–Crippen MR) is 102 cm³/mol. The smallest absolute Gasteiger partial charge is 0.116 e. The van der Waals surface area contributed by atoms with Gasteiger partial charge in [-0.05, 0) is 81.2 Å². The van der Waals surface area contributed by atoms with Crippen LogP contribution in [0.5, 0.6) is 0 Å². The fraction of sp³-hybridized carbons (Fsp3) is 0.826. The zero-order valence-electron chi connectivity index (χ0n) is 16.3. The van der Waals surface area contributed by atoms with Gasteiger partial charge in [0.25, 0.3) is 0 Å². The molecule has 1 aliphatic heterocycles. The van der Waals surface area contributed by atoms with E-state index in [1.54, 1.807) is 0 Å². The van der Waals surface area contributed by atoms with Gasteiger partial charge in [-0.1, -0.05) is 37.6 Å². The summed E-state index contributed by atoms with van der Waals surface area (Å²) in [5.74, 6) is 1.74. The van der Waals surface area contributed by atoms with E-state index in [1.807, 2.05) is 6.08 Å². The molecule has 0 aromatic heterocycles. The third-order valence-corrected chi connectivity index (χ3v) is 9.10. The van der Waals surface area contributed by atoms with Crippen LogP contribution in [0.1, 0.15) is 58.8 Å². The topological polar surface area (TPSA) is 23.5 Å². The molecule has 0 spiro atoms. The highest BCUT2D eigenvalue weighted by Gasteiger charge is 2.62. The van der Waals surface area contributed by atoms with Crippen molar-refractivity contribution in [2.24, 2.45) is 28.6 Å². The van der Waals surface area contributed by atoms with Crippen molar-refractivity contribution in [3.63, 3.8) is 0 Å². The molecule has 0 aromatic rings. The van der Waals surface area contributed by atoms with E-state index in [0.717, 1.165) is 32.4 Å². The molecule has 1 saturated heterocycles. The van der Waals surface area contributed by atoms with Gasteiger partial charge in [0.1, 0.15) is 6.17 Å². The Balaban J connectivity index is 1.47. The lowest BCUT2D eigenvalue weighted by molar-refractivity contribution is -0.0391. The molecule has 2 nitrogen and oxygen atoms in total. The van der Waals surface area contributed by atoms with Crippen LogP contribution in [0.2, 0.25) is 0 Å². The van der Waals surface area contributed by atoms with Crippen LogP contribution < -0.4 is 0 Å². The van der Waals surface area contributed by atoms with Gasteiger partial charge in [-0.2, -0.15) is 0 Å². The van der Waals surface area contributed by atoms with Gasteiger partial charge in [-0.3, -0.25) is 4.90 Å². The van der Waals surface area contributed by atoms with Gasteiger partial charge >= 0.3 is 0 Å². The largest absolute Gasteiger partial charge is 0.389 e. The Kier molecular flexibility index (Phi) is 3.96. The van der Waals surface area contributed by atoms with Crippen molar-refractivity contribution in [2.75, 3.05) is 13.1 Å². The summed E-state index contributed by atoms with van der Waals surface area (Å²) in [5.41, 5.74) is 1.66. The molecule has 5 rings (SSSR count). The number of nitrogens with zero attached hydrogens (tertiary/aromatic N) is 1. The maximum atomic E-state index is 15.3. The highest BCUT2D eigenvalue weighted by Crippen LogP contribution is 2.65. The first-order chi connectivity index (χ1) is 12.4. The lowest BCUT2D eigenvalue weighted by atomic mass is 9.49. The number of rotatable bonds is 1. The van der Waals surface area contributed by atoms with E-state index < -0.39 is 6.17 Å². The van der Waals surface area contributed by atoms with Crippen molar-refractivity contribution < 1.29 is 9.50 Å². The van der Waals surface area contributed by atoms with Gasteiger partial charge in [0.2, 0.25) is 0 Å². The van der Waals surface area contributed by atoms with Crippen LogP contribution in [0.3, 0.4) is 0 Å². The maximum absolute atomic E-state index is 15.3. The molecule has 0 aromatic carbocycles. The van der Waals surface area contributed by atoms with Crippen LogP contribution in [0, 0.1) is 28.6 Å². The van der Waals surface area contributed by atoms with Crippen molar-refractivity contribution in [1.29, 1.82) is 0 Å². The van der Waals surface area contributed by atoms with E-state index in [1.165, 1.54) is 31.3 Å². The first-order valence-corrected chi connectivity index (χ1v) is 10.9. The third kappa shape index (κ3) is 2.29.